The van der Waals surface area contributed by atoms with E-state index in [2.05, 4.69) is 0 Å². The van der Waals surface area contributed by atoms with Crippen LogP contribution in [0.1, 0.15) is 17.3 Å². The zero-order chi connectivity index (χ0) is 13.0. The molecule has 2 amide bonds. The Morgan fingerprint density at radius 3 is 2.53 bits per heavy atom. The maximum atomic E-state index is 11.8. The summed E-state index contributed by atoms with van der Waals surface area (Å²) in [5.74, 6) is 0.409. The molecule has 0 N–H and O–H groups in total. The van der Waals surface area contributed by atoms with Crippen LogP contribution in [0.5, 0.6) is 0 Å². The van der Waals surface area contributed by atoms with E-state index in [1.165, 1.54) is 7.05 Å². The Labute approximate surface area is 114 Å². The number of benzene rings is 1. The summed E-state index contributed by atoms with van der Waals surface area (Å²) >= 11 is 12.8. The number of rotatable bonds is 3. The summed E-state index contributed by atoms with van der Waals surface area (Å²) in [6.45, 7) is 2.03. The van der Waals surface area contributed by atoms with E-state index in [-0.39, 0.29) is 5.56 Å². The average Bonchev–Trinajstić information content (AvgIpc) is 2.27. The van der Waals surface area contributed by atoms with Crippen LogP contribution in [-0.2, 0) is 0 Å². The molecule has 3 nitrogen and oxygen atoms in total. The summed E-state index contributed by atoms with van der Waals surface area (Å²) in [5.41, 5.74) is 0.267. The van der Waals surface area contributed by atoms with Crippen LogP contribution >= 0.6 is 35.0 Å². The molecule has 17 heavy (non-hydrogen) atoms. The van der Waals surface area contributed by atoms with Crippen LogP contribution in [0, 0.1) is 0 Å². The largest absolute Gasteiger partial charge is 0.323 e. The van der Waals surface area contributed by atoms with Crippen molar-refractivity contribution >= 4 is 46.2 Å². The van der Waals surface area contributed by atoms with Crippen molar-refractivity contribution in [3.63, 3.8) is 0 Å². The van der Waals surface area contributed by atoms with E-state index in [1.807, 2.05) is 6.92 Å². The third kappa shape index (κ3) is 3.63. The molecule has 0 spiro atoms. The van der Waals surface area contributed by atoms with Crippen LogP contribution < -0.4 is 0 Å². The number of thioether (sulfide) groups is 1. The predicted molar refractivity (Wildman–Crippen MR) is 71.2 cm³/mol. The van der Waals surface area contributed by atoms with Gasteiger partial charge in [-0.05, 0) is 35.6 Å². The highest BCUT2D eigenvalue weighted by Gasteiger charge is 2.19. The second kappa shape index (κ2) is 6.28. The van der Waals surface area contributed by atoms with Gasteiger partial charge in [0.1, 0.15) is 0 Å². The Bertz CT molecular complexity index is 451. The predicted octanol–water partition coefficient (Wildman–Crippen LogP) is 3.88. The molecule has 6 heteroatoms. The topological polar surface area (TPSA) is 37.4 Å². The maximum Gasteiger partial charge on any atom is 0.323 e. The minimum Gasteiger partial charge on any atom is -0.269 e. The first-order valence-electron chi connectivity index (χ1n) is 4.87. The highest BCUT2D eigenvalue weighted by atomic mass is 35.5. The van der Waals surface area contributed by atoms with Gasteiger partial charge in [0.2, 0.25) is 0 Å². The molecular weight excluding hydrogens is 281 g/mol. The van der Waals surface area contributed by atoms with Crippen molar-refractivity contribution in [2.24, 2.45) is 0 Å². The molecule has 0 saturated heterocycles. The van der Waals surface area contributed by atoms with Gasteiger partial charge in [0, 0.05) is 11.9 Å². The van der Waals surface area contributed by atoms with E-state index in [0.29, 0.717) is 5.02 Å². The van der Waals surface area contributed by atoms with Gasteiger partial charge in [-0.2, -0.15) is 0 Å². The zero-order valence-electron chi connectivity index (χ0n) is 9.37. The van der Waals surface area contributed by atoms with Gasteiger partial charge in [0.15, 0.2) is 0 Å². The van der Waals surface area contributed by atoms with Crippen LogP contribution in [0.4, 0.5) is 4.79 Å². The molecule has 0 aliphatic rings. The quantitative estimate of drug-likeness (QED) is 0.482. The molecule has 0 bridgehead atoms. The molecule has 0 aromatic heterocycles. The van der Waals surface area contributed by atoms with E-state index in [4.69, 9.17) is 23.2 Å². The molecule has 92 valence electrons. The van der Waals surface area contributed by atoms with Gasteiger partial charge in [0.05, 0.1) is 10.6 Å². The van der Waals surface area contributed by atoms with Crippen molar-refractivity contribution in [1.29, 1.82) is 0 Å². The van der Waals surface area contributed by atoms with Crippen LogP contribution in [-0.4, -0.2) is 29.0 Å². The summed E-state index contributed by atoms with van der Waals surface area (Å²) in [5, 5.41) is -0.517. The summed E-state index contributed by atoms with van der Waals surface area (Å²) in [4.78, 5) is 24.5. The van der Waals surface area contributed by atoms with Crippen molar-refractivity contribution in [2.75, 3.05) is 12.8 Å². The Hall–Kier alpha value is -0.710. The number of nitrogens with zero attached hydrogens (tertiary/aromatic N) is 1. The van der Waals surface area contributed by atoms with E-state index in [1.54, 1.807) is 30.0 Å². The fourth-order valence-electron chi connectivity index (χ4n) is 1.19. The van der Waals surface area contributed by atoms with Crippen molar-refractivity contribution in [2.45, 2.75) is 11.8 Å². The van der Waals surface area contributed by atoms with Gasteiger partial charge in [-0.25, -0.2) is 0 Å². The number of halogens is 2. The third-order valence-corrected chi connectivity index (χ3v) is 3.49. The van der Waals surface area contributed by atoms with Crippen LogP contribution in [0.2, 0.25) is 5.02 Å². The fraction of sp³-hybridized carbons (Fsp3) is 0.273. The molecule has 1 aromatic rings. The number of carbonyl (C=O) groups excluding carboxylic acids is 2. The number of carbonyl (C=O) groups is 2. The van der Waals surface area contributed by atoms with Crippen molar-refractivity contribution in [3.8, 4) is 0 Å². The molecular formula is C11H11Cl2NO2S. The van der Waals surface area contributed by atoms with Crippen molar-refractivity contribution in [3.05, 3.63) is 28.8 Å². The van der Waals surface area contributed by atoms with Gasteiger partial charge in [0.25, 0.3) is 5.91 Å². The van der Waals surface area contributed by atoms with E-state index in [0.717, 1.165) is 15.5 Å². The molecule has 0 aliphatic carbocycles. The van der Waals surface area contributed by atoms with E-state index >= 15 is 0 Å². The first-order valence-corrected chi connectivity index (χ1v) is 6.61. The summed E-state index contributed by atoms with van der Waals surface area (Å²) < 4.78 is 0. The first kappa shape index (κ1) is 14.4. The fourth-order valence-corrected chi connectivity index (χ4v) is 2.29. The Balaban J connectivity index is 2.99. The number of amides is 2. The molecule has 0 aliphatic heterocycles. The Morgan fingerprint density at radius 2 is 2.06 bits per heavy atom. The van der Waals surface area contributed by atoms with Gasteiger partial charge in [-0.1, -0.05) is 18.5 Å². The summed E-state index contributed by atoms with van der Waals surface area (Å²) in [6, 6.07) is 5.09. The molecule has 0 heterocycles. The second-order valence-corrected chi connectivity index (χ2v) is 5.26. The minimum absolute atomic E-state index is 0.267. The summed E-state index contributed by atoms with van der Waals surface area (Å²) in [7, 11) is 1.31. The van der Waals surface area contributed by atoms with Gasteiger partial charge >= 0.3 is 5.37 Å². The number of imide groups is 1. The zero-order valence-corrected chi connectivity index (χ0v) is 11.7. The highest BCUT2D eigenvalue weighted by Crippen LogP contribution is 2.25. The van der Waals surface area contributed by atoms with E-state index < -0.39 is 11.3 Å². The van der Waals surface area contributed by atoms with Crippen LogP contribution in [0.3, 0.4) is 0 Å². The number of hydrogen-bond donors (Lipinski definition) is 0. The third-order valence-electron chi connectivity index (χ3n) is 2.05. The highest BCUT2D eigenvalue weighted by molar-refractivity contribution is 7.99. The normalized spacial score (nSPS) is 10.1. The SMILES string of the molecule is CCSc1ccc(C(=O)N(C)C(=O)Cl)c(Cl)c1. The lowest BCUT2D eigenvalue weighted by Gasteiger charge is -2.12. The number of hydrogen-bond acceptors (Lipinski definition) is 3. The monoisotopic (exact) mass is 291 g/mol. The summed E-state index contributed by atoms with van der Waals surface area (Å²) in [6.07, 6.45) is 0. The van der Waals surface area contributed by atoms with Crippen molar-refractivity contribution in [1.82, 2.24) is 4.90 Å². The lowest BCUT2D eigenvalue weighted by molar-refractivity contribution is 0.0847. The standard InChI is InChI=1S/C11H11Cl2NO2S/c1-3-17-7-4-5-8(9(12)6-7)10(15)14(2)11(13)16/h4-6H,3H2,1-2H3. The van der Waals surface area contributed by atoms with E-state index in [9.17, 15) is 9.59 Å². The minimum atomic E-state index is -0.835. The van der Waals surface area contributed by atoms with Crippen molar-refractivity contribution < 1.29 is 9.59 Å². The van der Waals surface area contributed by atoms with Gasteiger partial charge in [-0.15, -0.1) is 11.8 Å². The molecule has 1 rings (SSSR count). The molecule has 0 saturated carbocycles. The maximum absolute atomic E-state index is 11.8. The molecule has 0 radical (unpaired) electrons. The van der Waals surface area contributed by atoms with Gasteiger partial charge in [-0.3, -0.25) is 14.5 Å². The Kier molecular flexibility index (Phi) is 5.31. The molecule has 0 unspecified atom stereocenters. The first-order chi connectivity index (χ1) is 7.97. The lowest BCUT2D eigenvalue weighted by atomic mass is 10.2. The van der Waals surface area contributed by atoms with Crippen LogP contribution in [0.25, 0.3) is 0 Å². The molecule has 0 fully saturated rings. The second-order valence-electron chi connectivity index (χ2n) is 3.19. The lowest BCUT2D eigenvalue weighted by Crippen LogP contribution is -2.29. The molecule has 0 atom stereocenters. The Morgan fingerprint density at radius 1 is 1.41 bits per heavy atom. The van der Waals surface area contributed by atoms with Crippen LogP contribution in [0.15, 0.2) is 23.1 Å². The molecule has 1 aromatic carbocycles. The van der Waals surface area contributed by atoms with Gasteiger partial charge < -0.3 is 0 Å². The smallest absolute Gasteiger partial charge is 0.269 e. The average molecular weight is 292 g/mol.